The number of aryl methyl sites for hydroxylation is 1. The van der Waals surface area contributed by atoms with Crippen molar-refractivity contribution in [3.8, 4) is 0 Å². The fourth-order valence-corrected chi connectivity index (χ4v) is 4.72. The highest BCUT2D eigenvalue weighted by molar-refractivity contribution is 7.89. The molecule has 0 bridgehead atoms. The third kappa shape index (κ3) is 2.94. The topological polar surface area (TPSA) is 49.4 Å². The molecule has 1 aliphatic rings. The molecular formula is C13H19ClN2O2S. The highest BCUT2D eigenvalue weighted by Gasteiger charge is 2.35. The number of hydrogen-bond donors (Lipinski definition) is 1. The van der Waals surface area contributed by atoms with Crippen LogP contribution in [0.5, 0.6) is 0 Å². The molecule has 1 N–H and O–H groups in total. The minimum absolute atomic E-state index is 0.0464. The van der Waals surface area contributed by atoms with Crippen molar-refractivity contribution in [3.05, 3.63) is 28.8 Å². The summed E-state index contributed by atoms with van der Waals surface area (Å²) in [6.45, 7) is 3.06. The van der Waals surface area contributed by atoms with Crippen LogP contribution in [-0.4, -0.2) is 38.9 Å². The van der Waals surface area contributed by atoms with E-state index < -0.39 is 10.0 Å². The lowest BCUT2D eigenvalue weighted by Crippen LogP contribution is -2.40. The van der Waals surface area contributed by atoms with Crippen LogP contribution in [0.1, 0.15) is 18.4 Å². The second kappa shape index (κ2) is 5.79. The molecule has 1 fully saturated rings. The van der Waals surface area contributed by atoms with Crippen molar-refractivity contribution in [1.82, 2.24) is 9.62 Å². The number of halogens is 1. The summed E-state index contributed by atoms with van der Waals surface area (Å²) in [6, 6.07) is 4.97. The van der Waals surface area contributed by atoms with Crippen LogP contribution in [0.3, 0.4) is 0 Å². The molecule has 0 aromatic heterocycles. The first kappa shape index (κ1) is 14.8. The predicted molar refractivity (Wildman–Crippen MR) is 77.0 cm³/mol. The van der Waals surface area contributed by atoms with E-state index in [4.69, 9.17) is 11.6 Å². The molecule has 0 radical (unpaired) electrons. The van der Waals surface area contributed by atoms with Gasteiger partial charge in [-0.25, -0.2) is 8.42 Å². The fourth-order valence-electron chi connectivity index (χ4n) is 2.59. The summed E-state index contributed by atoms with van der Waals surface area (Å²) < 4.78 is 27.0. The molecule has 1 atom stereocenters. The Morgan fingerprint density at radius 1 is 1.47 bits per heavy atom. The molecule has 106 valence electrons. The SMILES string of the molecule is CNC[C@@H]1CCCN1S(=O)(=O)c1ccc(Cl)cc1C. The molecule has 4 nitrogen and oxygen atoms in total. The van der Waals surface area contributed by atoms with E-state index in [1.807, 2.05) is 7.05 Å². The van der Waals surface area contributed by atoms with Gasteiger partial charge in [-0.3, -0.25) is 0 Å². The van der Waals surface area contributed by atoms with Crippen LogP contribution in [0.15, 0.2) is 23.1 Å². The van der Waals surface area contributed by atoms with Gasteiger partial charge in [-0.15, -0.1) is 0 Å². The number of sulfonamides is 1. The summed E-state index contributed by atoms with van der Waals surface area (Å²) in [5, 5.41) is 3.62. The van der Waals surface area contributed by atoms with Crippen molar-refractivity contribution >= 4 is 21.6 Å². The standard InChI is InChI=1S/C13H19ClN2O2S/c1-10-8-11(14)5-6-13(10)19(17,18)16-7-3-4-12(16)9-15-2/h5-6,8,12,15H,3-4,7,9H2,1-2H3/t12-/m0/s1. The fraction of sp³-hybridized carbons (Fsp3) is 0.538. The molecule has 0 aliphatic carbocycles. The van der Waals surface area contributed by atoms with E-state index >= 15 is 0 Å². The first-order chi connectivity index (χ1) is 8.96. The summed E-state index contributed by atoms with van der Waals surface area (Å²) in [7, 11) is -1.58. The van der Waals surface area contributed by atoms with Gasteiger partial charge in [0.25, 0.3) is 0 Å². The zero-order valence-electron chi connectivity index (χ0n) is 11.2. The van der Waals surface area contributed by atoms with E-state index in [9.17, 15) is 8.42 Å². The Balaban J connectivity index is 2.36. The summed E-state index contributed by atoms with van der Waals surface area (Å²) >= 11 is 5.89. The maximum atomic E-state index is 12.7. The summed E-state index contributed by atoms with van der Waals surface area (Å²) in [4.78, 5) is 0.361. The van der Waals surface area contributed by atoms with Gasteiger partial charge < -0.3 is 5.32 Å². The van der Waals surface area contributed by atoms with Crippen LogP contribution in [0, 0.1) is 6.92 Å². The number of rotatable bonds is 4. The van der Waals surface area contributed by atoms with Crippen molar-refractivity contribution in [3.63, 3.8) is 0 Å². The van der Waals surface area contributed by atoms with Crippen molar-refractivity contribution < 1.29 is 8.42 Å². The third-order valence-corrected chi connectivity index (χ3v) is 5.83. The lowest BCUT2D eigenvalue weighted by Gasteiger charge is -2.24. The molecule has 1 aromatic carbocycles. The number of benzene rings is 1. The monoisotopic (exact) mass is 302 g/mol. The number of likely N-dealkylation sites (N-methyl/N-ethyl adjacent to an activating group) is 1. The molecule has 1 aliphatic heterocycles. The van der Waals surface area contributed by atoms with Crippen LogP contribution in [-0.2, 0) is 10.0 Å². The van der Waals surface area contributed by atoms with Crippen molar-refractivity contribution in [2.45, 2.75) is 30.7 Å². The van der Waals surface area contributed by atoms with E-state index in [-0.39, 0.29) is 6.04 Å². The molecule has 1 heterocycles. The normalized spacial score (nSPS) is 20.9. The van der Waals surface area contributed by atoms with Gasteiger partial charge in [0.1, 0.15) is 0 Å². The maximum Gasteiger partial charge on any atom is 0.243 e. The molecular weight excluding hydrogens is 284 g/mol. The second-order valence-electron chi connectivity index (χ2n) is 4.88. The van der Waals surface area contributed by atoms with E-state index in [0.29, 0.717) is 28.6 Å². The largest absolute Gasteiger partial charge is 0.318 e. The van der Waals surface area contributed by atoms with Gasteiger partial charge >= 0.3 is 0 Å². The average Bonchev–Trinajstić information content (AvgIpc) is 2.78. The van der Waals surface area contributed by atoms with Crippen LogP contribution < -0.4 is 5.32 Å². The number of hydrogen-bond acceptors (Lipinski definition) is 3. The average molecular weight is 303 g/mol. The second-order valence-corrected chi connectivity index (χ2v) is 7.17. The predicted octanol–water partition coefficient (Wildman–Crippen LogP) is 2.02. The zero-order valence-corrected chi connectivity index (χ0v) is 12.8. The lowest BCUT2D eigenvalue weighted by atomic mass is 10.2. The third-order valence-electron chi connectivity index (χ3n) is 3.49. The molecule has 2 rings (SSSR count). The van der Waals surface area contributed by atoms with E-state index in [1.54, 1.807) is 29.4 Å². The minimum atomic E-state index is -3.42. The van der Waals surface area contributed by atoms with Gasteiger partial charge in [-0.2, -0.15) is 4.31 Å². The first-order valence-electron chi connectivity index (χ1n) is 6.39. The quantitative estimate of drug-likeness (QED) is 0.926. The lowest BCUT2D eigenvalue weighted by molar-refractivity contribution is 0.379. The summed E-state index contributed by atoms with van der Waals surface area (Å²) in [5.41, 5.74) is 0.697. The van der Waals surface area contributed by atoms with Crippen molar-refractivity contribution in [2.24, 2.45) is 0 Å². The van der Waals surface area contributed by atoms with E-state index in [1.165, 1.54) is 0 Å². The number of nitrogens with zero attached hydrogens (tertiary/aromatic N) is 1. The van der Waals surface area contributed by atoms with Gasteiger partial charge in [-0.1, -0.05) is 11.6 Å². The van der Waals surface area contributed by atoms with Gasteiger partial charge in [-0.05, 0) is 50.6 Å². The maximum absolute atomic E-state index is 12.7. The van der Waals surface area contributed by atoms with Gasteiger partial charge in [0.15, 0.2) is 0 Å². The molecule has 19 heavy (non-hydrogen) atoms. The van der Waals surface area contributed by atoms with Crippen LogP contribution in [0.2, 0.25) is 5.02 Å². The molecule has 0 saturated carbocycles. The Morgan fingerprint density at radius 2 is 2.21 bits per heavy atom. The summed E-state index contributed by atoms with van der Waals surface area (Å²) in [6.07, 6.45) is 1.82. The molecule has 0 unspecified atom stereocenters. The van der Waals surface area contributed by atoms with Crippen LogP contribution in [0.25, 0.3) is 0 Å². The minimum Gasteiger partial charge on any atom is -0.318 e. The van der Waals surface area contributed by atoms with E-state index in [0.717, 1.165) is 12.8 Å². The molecule has 1 aromatic rings. The molecule has 0 amide bonds. The molecule has 0 spiro atoms. The van der Waals surface area contributed by atoms with Gasteiger partial charge in [0.2, 0.25) is 10.0 Å². The van der Waals surface area contributed by atoms with Gasteiger partial charge in [0.05, 0.1) is 4.90 Å². The Bertz CT molecular complexity index is 560. The zero-order chi connectivity index (χ0) is 14.0. The Morgan fingerprint density at radius 3 is 2.84 bits per heavy atom. The Kier molecular flexibility index (Phi) is 4.50. The Labute approximate surface area is 119 Å². The smallest absolute Gasteiger partial charge is 0.243 e. The van der Waals surface area contributed by atoms with Crippen LogP contribution in [0.4, 0.5) is 0 Å². The molecule has 1 saturated heterocycles. The van der Waals surface area contributed by atoms with Crippen molar-refractivity contribution in [1.29, 1.82) is 0 Å². The van der Waals surface area contributed by atoms with Gasteiger partial charge in [0, 0.05) is 24.2 Å². The first-order valence-corrected chi connectivity index (χ1v) is 8.21. The van der Waals surface area contributed by atoms with E-state index in [2.05, 4.69) is 5.32 Å². The van der Waals surface area contributed by atoms with Crippen molar-refractivity contribution in [2.75, 3.05) is 20.1 Å². The Hall–Kier alpha value is -0.620. The van der Waals surface area contributed by atoms with Crippen LogP contribution >= 0.6 is 11.6 Å². The highest BCUT2D eigenvalue weighted by atomic mass is 35.5. The summed E-state index contributed by atoms with van der Waals surface area (Å²) in [5.74, 6) is 0. The number of nitrogens with one attached hydrogen (secondary N) is 1. The highest BCUT2D eigenvalue weighted by Crippen LogP contribution is 2.28. The molecule has 6 heteroatoms.